The number of halogens is 12. The van der Waals surface area contributed by atoms with Crippen LogP contribution < -0.4 is 24.3 Å². The zero-order chi connectivity index (χ0) is 30.8. The number of hydrogen-bond donors (Lipinski definition) is 1. The van der Waals surface area contributed by atoms with Crippen molar-refractivity contribution in [1.29, 1.82) is 0 Å². The number of methoxy groups -OCH3 is 2. The highest BCUT2D eigenvalue weighted by Crippen LogP contribution is 2.40. The molecule has 0 fully saturated rings. The molecule has 1 aromatic heterocycles. The summed E-state index contributed by atoms with van der Waals surface area (Å²) in [5.74, 6) is -2.40. The molecule has 0 bridgehead atoms. The SMILES string of the molecule is COc1cc([N+](=O)[O-])c(OC)cc1Nc1nc(OC(C(F)(F)F)C(F)(F)F)nc(OC(C(F)(F)F)C(F)(F)F)n1. The van der Waals surface area contributed by atoms with Gasteiger partial charge in [0, 0.05) is 6.07 Å². The summed E-state index contributed by atoms with van der Waals surface area (Å²) < 4.78 is 172. The molecule has 40 heavy (non-hydrogen) atoms. The number of rotatable bonds is 9. The third-order valence-corrected chi connectivity index (χ3v) is 4.17. The first-order valence-corrected chi connectivity index (χ1v) is 9.61. The lowest BCUT2D eigenvalue weighted by molar-refractivity contribution is -0.385. The van der Waals surface area contributed by atoms with Crippen LogP contribution in [0.25, 0.3) is 0 Å². The molecule has 0 spiro atoms. The maximum atomic E-state index is 12.9. The van der Waals surface area contributed by atoms with Crippen molar-refractivity contribution in [3.63, 3.8) is 0 Å². The van der Waals surface area contributed by atoms with Crippen molar-refractivity contribution in [3.8, 4) is 23.5 Å². The largest absolute Gasteiger partial charge is 0.494 e. The first kappa shape index (κ1) is 32.0. The van der Waals surface area contributed by atoms with E-state index < -0.39 is 82.7 Å². The van der Waals surface area contributed by atoms with Crippen LogP contribution >= 0.6 is 0 Å². The number of aromatic nitrogens is 3. The van der Waals surface area contributed by atoms with Crippen molar-refractivity contribution in [1.82, 2.24) is 15.0 Å². The van der Waals surface area contributed by atoms with Crippen LogP contribution in [0.1, 0.15) is 0 Å². The minimum absolute atomic E-state index is 0.509. The van der Waals surface area contributed by atoms with Crippen LogP contribution in [0.4, 0.5) is 70.0 Å². The van der Waals surface area contributed by atoms with E-state index in [1.807, 2.05) is 5.32 Å². The van der Waals surface area contributed by atoms with Crippen LogP contribution in [-0.4, -0.2) is 71.0 Å². The monoisotopic (exact) mass is 609 g/mol. The molecule has 11 nitrogen and oxygen atoms in total. The van der Waals surface area contributed by atoms with Crippen molar-refractivity contribution in [2.75, 3.05) is 19.5 Å². The second kappa shape index (κ2) is 11.1. The summed E-state index contributed by atoms with van der Waals surface area (Å²) >= 11 is 0. The van der Waals surface area contributed by atoms with Crippen molar-refractivity contribution < 1.29 is 76.6 Å². The highest BCUT2D eigenvalue weighted by atomic mass is 19.4. The lowest BCUT2D eigenvalue weighted by atomic mass is 10.2. The minimum atomic E-state index is -6.21. The van der Waals surface area contributed by atoms with Gasteiger partial charge in [0.05, 0.1) is 30.9 Å². The molecule has 0 radical (unpaired) electrons. The van der Waals surface area contributed by atoms with Crippen molar-refractivity contribution in [3.05, 3.63) is 22.2 Å². The summed E-state index contributed by atoms with van der Waals surface area (Å²) in [4.78, 5) is 18.7. The predicted octanol–water partition coefficient (Wildman–Crippen LogP) is 5.28. The quantitative estimate of drug-likeness (QED) is 0.228. The second-order valence-electron chi connectivity index (χ2n) is 6.99. The zero-order valence-electron chi connectivity index (χ0n) is 19.1. The molecule has 2 rings (SSSR count). The standard InChI is InChI=1S/C17H11F12N5O6/c1-37-7-4-6(34(35)36)8(38-2)3-5(7)30-11-31-12(39-9(14(18,19)20)15(21,22)23)33-13(32-11)40-10(16(24,25)26)17(27,28)29/h3-4,9-10H,1-2H3,(H,30,31,32,33). The lowest BCUT2D eigenvalue weighted by Gasteiger charge is -2.24. The topological polar surface area (TPSA) is 131 Å². The number of nitrogens with zero attached hydrogens (tertiary/aromatic N) is 4. The van der Waals surface area contributed by atoms with Gasteiger partial charge >= 0.3 is 42.4 Å². The molecule has 0 saturated carbocycles. The molecule has 0 atom stereocenters. The number of nitro groups is 1. The lowest BCUT2D eigenvalue weighted by Crippen LogP contribution is -2.47. The molecule has 1 heterocycles. The Bertz CT molecular complexity index is 1140. The summed E-state index contributed by atoms with van der Waals surface area (Å²) in [6.45, 7) is 0. The van der Waals surface area contributed by atoms with Crippen molar-refractivity contribution in [2.45, 2.75) is 36.9 Å². The van der Waals surface area contributed by atoms with E-state index in [9.17, 15) is 62.8 Å². The van der Waals surface area contributed by atoms with Gasteiger partial charge in [-0.15, -0.1) is 4.98 Å². The van der Waals surface area contributed by atoms with E-state index in [-0.39, 0.29) is 0 Å². The number of anilines is 2. The fourth-order valence-electron chi connectivity index (χ4n) is 2.59. The number of nitrogens with one attached hydrogen (secondary N) is 1. The van der Waals surface area contributed by atoms with E-state index in [2.05, 4.69) is 24.4 Å². The van der Waals surface area contributed by atoms with Gasteiger partial charge in [-0.3, -0.25) is 10.1 Å². The Morgan fingerprint density at radius 2 is 1.12 bits per heavy atom. The van der Waals surface area contributed by atoms with Gasteiger partial charge in [-0.2, -0.15) is 62.7 Å². The zero-order valence-corrected chi connectivity index (χ0v) is 19.1. The van der Waals surface area contributed by atoms with Crippen LogP contribution in [0, 0.1) is 10.1 Å². The molecule has 0 unspecified atom stereocenters. The van der Waals surface area contributed by atoms with E-state index in [0.29, 0.717) is 6.07 Å². The Morgan fingerprint density at radius 1 is 0.725 bits per heavy atom. The number of benzene rings is 1. The second-order valence-corrected chi connectivity index (χ2v) is 6.99. The van der Waals surface area contributed by atoms with Gasteiger partial charge in [0.25, 0.3) is 12.2 Å². The average molecular weight is 609 g/mol. The number of hydrogen-bond acceptors (Lipinski definition) is 10. The fraction of sp³-hybridized carbons (Fsp3) is 0.471. The Kier molecular flexibility index (Phi) is 8.89. The molecular formula is C17H11F12N5O6. The summed E-state index contributed by atoms with van der Waals surface area (Å²) in [6.07, 6.45) is -34.2. The fourth-order valence-corrected chi connectivity index (χ4v) is 2.59. The number of alkyl halides is 12. The maximum absolute atomic E-state index is 12.9. The van der Waals surface area contributed by atoms with Crippen LogP contribution in [-0.2, 0) is 0 Å². The van der Waals surface area contributed by atoms with Gasteiger partial charge in [0.2, 0.25) is 5.95 Å². The van der Waals surface area contributed by atoms with E-state index in [1.165, 1.54) is 0 Å². The van der Waals surface area contributed by atoms with Gasteiger partial charge in [0.15, 0.2) is 5.75 Å². The summed E-state index contributed by atoms with van der Waals surface area (Å²) in [5, 5.41) is 13.1. The number of ether oxygens (including phenoxy) is 4. The number of nitro benzene ring substituents is 1. The molecule has 23 heteroatoms. The predicted molar refractivity (Wildman–Crippen MR) is 102 cm³/mol. The van der Waals surface area contributed by atoms with Crippen molar-refractivity contribution in [2.24, 2.45) is 0 Å². The molecule has 1 N–H and O–H groups in total. The molecule has 0 aliphatic rings. The smallest absolute Gasteiger partial charge is 0.434 e. The third-order valence-electron chi connectivity index (χ3n) is 4.17. The van der Waals surface area contributed by atoms with Gasteiger partial charge in [0.1, 0.15) is 5.75 Å². The molecule has 0 saturated heterocycles. The van der Waals surface area contributed by atoms with Gasteiger partial charge in [-0.05, 0) is 0 Å². The van der Waals surface area contributed by atoms with Crippen LogP contribution in [0.3, 0.4) is 0 Å². The Morgan fingerprint density at radius 3 is 1.45 bits per heavy atom. The minimum Gasteiger partial charge on any atom is -0.494 e. The van der Waals surface area contributed by atoms with E-state index in [0.717, 1.165) is 20.3 Å². The summed E-state index contributed by atoms with van der Waals surface area (Å²) in [7, 11) is 1.85. The average Bonchev–Trinajstić information content (AvgIpc) is 2.77. The van der Waals surface area contributed by atoms with Crippen LogP contribution in [0.15, 0.2) is 12.1 Å². The Hall–Kier alpha value is -4.21. The van der Waals surface area contributed by atoms with Crippen molar-refractivity contribution >= 4 is 17.3 Å². The van der Waals surface area contributed by atoms with E-state index in [4.69, 9.17) is 9.47 Å². The normalized spacial score (nSPS) is 12.9. The molecule has 0 aliphatic heterocycles. The maximum Gasteiger partial charge on any atom is 0.434 e. The van der Waals surface area contributed by atoms with E-state index >= 15 is 0 Å². The molecule has 1 aromatic carbocycles. The first-order valence-electron chi connectivity index (χ1n) is 9.61. The third kappa shape index (κ3) is 7.91. The molecule has 0 aliphatic carbocycles. The molecule has 224 valence electrons. The Balaban J connectivity index is 2.70. The Labute approximate surface area is 212 Å². The molecular weight excluding hydrogens is 598 g/mol. The van der Waals surface area contributed by atoms with Gasteiger partial charge in [-0.1, -0.05) is 0 Å². The van der Waals surface area contributed by atoms with Crippen LogP contribution in [0.5, 0.6) is 23.5 Å². The van der Waals surface area contributed by atoms with E-state index in [1.54, 1.807) is 0 Å². The molecule has 2 aromatic rings. The highest BCUT2D eigenvalue weighted by molar-refractivity contribution is 5.70. The van der Waals surface area contributed by atoms with Gasteiger partial charge in [-0.25, -0.2) is 0 Å². The van der Waals surface area contributed by atoms with Crippen LogP contribution in [0.2, 0.25) is 0 Å². The highest BCUT2D eigenvalue weighted by Gasteiger charge is 2.61. The summed E-state index contributed by atoms with van der Waals surface area (Å²) in [6, 6.07) is -2.74. The first-order chi connectivity index (χ1) is 18.1. The summed E-state index contributed by atoms with van der Waals surface area (Å²) in [5.41, 5.74) is -1.26. The molecule has 0 amide bonds. The van der Waals surface area contributed by atoms with Gasteiger partial charge < -0.3 is 24.3 Å².